The Balaban J connectivity index is 1.45. The lowest BCUT2D eigenvalue weighted by atomic mass is 10.1. The van der Waals surface area contributed by atoms with Crippen molar-refractivity contribution in [1.29, 1.82) is 0 Å². The van der Waals surface area contributed by atoms with E-state index in [4.69, 9.17) is 37.4 Å². The molecule has 1 heterocycles. The Morgan fingerprint density at radius 2 is 1.70 bits per heavy atom. The van der Waals surface area contributed by atoms with Crippen molar-refractivity contribution < 1.29 is 28.6 Å². The second-order valence-corrected chi connectivity index (χ2v) is 9.48. The summed E-state index contributed by atoms with van der Waals surface area (Å²) >= 11 is 12.8. The van der Waals surface area contributed by atoms with Gasteiger partial charge in [-0.1, -0.05) is 41.4 Å². The highest BCUT2D eigenvalue weighted by molar-refractivity contribution is 8.18. The van der Waals surface area contributed by atoms with Crippen molar-refractivity contribution in [3.8, 4) is 17.2 Å². The van der Waals surface area contributed by atoms with Crippen molar-refractivity contribution in [3.63, 3.8) is 0 Å². The van der Waals surface area contributed by atoms with E-state index in [2.05, 4.69) is 0 Å². The van der Waals surface area contributed by atoms with E-state index >= 15 is 0 Å². The van der Waals surface area contributed by atoms with E-state index in [1.165, 1.54) is 0 Å². The fraction of sp³-hybridized carbons (Fsp3) is 0.148. The molecule has 7 nitrogen and oxygen atoms in total. The van der Waals surface area contributed by atoms with Gasteiger partial charge >= 0.3 is 5.97 Å². The fourth-order valence-corrected chi connectivity index (χ4v) is 4.55. The van der Waals surface area contributed by atoms with Crippen LogP contribution >= 0.6 is 35.0 Å². The lowest BCUT2D eigenvalue weighted by molar-refractivity contribution is -0.123. The van der Waals surface area contributed by atoms with Gasteiger partial charge < -0.3 is 14.2 Å². The number of carbonyl (C=O) groups is 3. The third kappa shape index (κ3) is 6.65. The zero-order chi connectivity index (χ0) is 26.4. The van der Waals surface area contributed by atoms with Crippen LogP contribution in [0.4, 0.5) is 4.79 Å². The number of esters is 1. The first kappa shape index (κ1) is 26.6. The van der Waals surface area contributed by atoms with Crippen LogP contribution in [0.5, 0.6) is 17.2 Å². The minimum atomic E-state index is -0.564. The van der Waals surface area contributed by atoms with E-state index in [9.17, 15) is 14.4 Å². The maximum Gasteiger partial charge on any atom is 0.343 e. The molecule has 0 N–H and O–H groups in total. The Bertz CT molecular complexity index is 1360. The molecule has 0 saturated carbocycles. The monoisotopic (exact) mass is 557 g/mol. The molecule has 3 aromatic rings. The number of amides is 2. The van der Waals surface area contributed by atoms with E-state index < -0.39 is 17.1 Å². The molecule has 0 aromatic heterocycles. The molecule has 1 aliphatic rings. The van der Waals surface area contributed by atoms with Crippen LogP contribution in [0.15, 0.2) is 71.6 Å². The predicted molar refractivity (Wildman–Crippen MR) is 144 cm³/mol. The number of nitrogens with zero attached hydrogens (tertiary/aromatic N) is 1. The molecule has 1 fully saturated rings. The van der Waals surface area contributed by atoms with E-state index in [0.29, 0.717) is 39.3 Å². The molecule has 0 radical (unpaired) electrons. The number of carbonyl (C=O) groups excluding carboxylic acids is 3. The topological polar surface area (TPSA) is 82.1 Å². The Hall–Kier alpha value is -3.46. The van der Waals surface area contributed by atoms with Gasteiger partial charge in [0.25, 0.3) is 11.1 Å². The van der Waals surface area contributed by atoms with Crippen molar-refractivity contribution >= 4 is 58.2 Å². The van der Waals surface area contributed by atoms with E-state index in [-0.39, 0.29) is 23.8 Å². The van der Waals surface area contributed by atoms with Gasteiger partial charge in [0.1, 0.15) is 12.4 Å². The molecule has 1 aliphatic heterocycles. The highest BCUT2D eigenvalue weighted by Crippen LogP contribution is 2.35. The van der Waals surface area contributed by atoms with Crippen molar-refractivity contribution in [3.05, 3.63) is 92.8 Å². The summed E-state index contributed by atoms with van der Waals surface area (Å²) in [7, 11) is 0. The molecule has 2 amide bonds. The summed E-state index contributed by atoms with van der Waals surface area (Å²) in [6, 6.07) is 18.2. The zero-order valence-electron chi connectivity index (χ0n) is 19.6. The van der Waals surface area contributed by atoms with Gasteiger partial charge in [0.05, 0.1) is 28.6 Å². The largest absolute Gasteiger partial charge is 0.490 e. The normalized spacial score (nSPS) is 14.2. The fourth-order valence-electron chi connectivity index (χ4n) is 3.36. The van der Waals surface area contributed by atoms with Gasteiger partial charge in [-0.15, -0.1) is 0 Å². The lowest BCUT2D eigenvalue weighted by Crippen LogP contribution is -2.32. The first-order valence-corrected chi connectivity index (χ1v) is 12.8. The molecule has 3 aromatic carbocycles. The van der Waals surface area contributed by atoms with Gasteiger partial charge in [-0.25, -0.2) is 4.79 Å². The van der Waals surface area contributed by atoms with Crippen LogP contribution in [-0.4, -0.2) is 41.8 Å². The third-order valence-electron chi connectivity index (χ3n) is 5.13. The van der Waals surface area contributed by atoms with Crippen LogP contribution in [0.25, 0.3) is 6.08 Å². The van der Waals surface area contributed by atoms with Crippen LogP contribution in [0.1, 0.15) is 22.8 Å². The molecular formula is C27H21Cl2NO6S. The number of hydrogen-bond donors (Lipinski definition) is 0. The number of halogens is 2. The van der Waals surface area contributed by atoms with E-state index in [1.807, 2.05) is 0 Å². The number of para-hydroxylation sites is 1. The molecule has 10 heteroatoms. The van der Waals surface area contributed by atoms with Crippen molar-refractivity contribution in [2.75, 3.05) is 19.8 Å². The summed E-state index contributed by atoms with van der Waals surface area (Å²) in [5, 5.41) is 0.565. The summed E-state index contributed by atoms with van der Waals surface area (Å²) < 4.78 is 16.8. The van der Waals surface area contributed by atoms with Gasteiger partial charge in [-0.05, 0) is 78.9 Å². The lowest BCUT2D eigenvalue weighted by Gasteiger charge is -2.14. The SMILES string of the molecule is CCOc1cc(/C=C2\SC(=O)N(CCOc3ccccc3Cl)C2=O)ccc1OC(=O)c1ccc(Cl)cc1. The van der Waals surface area contributed by atoms with Crippen LogP contribution < -0.4 is 14.2 Å². The van der Waals surface area contributed by atoms with Crippen LogP contribution in [0, 0.1) is 0 Å². The minimum Gasteiger partial charge on any atom is -0.490 e. The molecule has 0 bridgehead atoms. The van der Waals surface area contributed by atoms with Crippen molar-refractivity contribution in [2.45, 2.75) is 6.92 Å². The first-order valence-electron chi connectivity index (χ1n) is 11.2. The average molecular weight is 558 g/mol. The van der Waals surface area contributed by atoms with E-state index in [1.54, 1.807) is 79.7 Å². The quantitative estimate of drug-likeness (QED) is 0.164. The number of benzene rings is 3. The predicted octanol–water partition coefficient (Wildman–Crippen LogP) is 6.73. The van der Waals surface area contributed by atoms with Crippen molar-refractivity contribution in [2.24, 2.45) is 0 Å². The molecule has 4 rings (SSSR count). The number of imide groups is 1. The maximum atomic E-state index is 12.9. The average Bonchev–Trinajstić information content (AvgIpc) is 3.14. The minimum absolute atomic E-state index is 0.0804. The molecule has 0 unspecified atom stereocenters. The Kier molecular flexibility index (Phi) is 8.76. The summed E-state index contributed by atoms with van der Waals surface area (Å²) in [5.41, 5.74) is 0.940. The number of thioether (sulfide) groups is 1. The second-order valence-electron chi connectivity index (χ2n) is 7.65. The van der Waals surface area contributed by atoms with Gasteiger partial charge in [-0.3, -0.25) is 14.5 Å². The molecule has 37 heavy (non-hydrogen) atoms. The van der Waals surface area contributed by atoms with Gasteiger partial charge in [-0.2, -0.15) is 0 Å². The number of hydrogen-bond acceptors (Lipinski definition) is 7. The smallest absolute Gasteiger partial charge is 0.343 e. The molecule has 1 saturated heterocycles. The van der Waals surface area contributed by atoms with Gasteiger partial charge in [0.2, 0.25) is 0 Å². The maximum absolute atomic E-state index is 12.9. The highest BCUT2D eigenvalue weighted by atomic mass is 35.5. The van der Waals surface area contributed by atoms with Gasteiger partial charge in [0.15, 0.2) is 11.5 Å². The second kappa shape index (κ2) is 12.2. The Morgan fingerprint density at radius 1 is 0.946 bits per heavy atom. The summed E-state index contributed by atoms with van der Waals surface area (Å²) in [6.45, 7) is 2.32. The first-order chi connectivity index (χ1) is 17.9. The Morgan fingerprint density at radius 3 is 2.43 bits per heavy atom. The zero-order valence-corrected chi connectivity index (χ0v) is 21.9. The highest BCUT2D eigenvalue weighted by Gasteiger charge is 2.35. The van der Waals surface area contributed by atoms with Crippen LogP contribution in [-0.2, 0) is 4.79 Å². The number of rotatable bonds is 9. The summed E-state index contributed by atoms with van der Waals surface area (Å²) in [5.74, 6) is 0.0427. The Labute approximate surface area is 227 Å². The summed E-state index contributed by atoms with van der Waals surface area (Å²) in [4.78, 5) is 39.2. The van der Waals surface area contributed by atoms with Crippen LogP contribution in [0.2, 0.25) is 10.0 Å². The molecular weight excluding hydrogens is 537 g/mol. The van der Waals surface area contributed by atoms with E-state index in [0.717, 1.165) is 16.7 Å². The third-order valence-corrected chi connectivity index (χ3v) is 6.60. The van der Waals surface area contributed by atoms with Crippen LogP contribution in [0.3, 0.4) is 0 Å². The van der Waals surface area contributed by atoms with Gasteiger partial charge in [0, 0.05) is 5.02 Å². The molecule has 190 valence electrons. The van der Waals surface area contributed by atoms with Crippen molar-refractivity contribution in [1.82, 2.24) is 4.90 Å². The standard InChI is InChI=1S/C27H21Cl2NO6S/c1-2-34-23-15-17(7-12-22(23)36-26(32)18-8-10-19(28)11-9-18)16-24-25(31)30(27(33)37-24)13-14-35-21-6-4-3-5-20(21)29/h3-12,15-16H,2,13-14H2,1H3/b24-16-. The molecule has 0 spiro atoms. The molecule has 0 atom stereocenters. The molecule has 0 aliphatic carbocycles. The summed E-state index contributed by atoms with van der Waals surface area (Å²) in [6.07, 6.45) is 1.59. The number of ether oxygens (including phenoxy) is 3.